The molecular formula is C24H27FN4OS. The molecule has 0 N–H and O–H groups in total. The molecule has 0 saturated heterocycles. The molecule has 1 fully saturated rings. The molecule has 1 aliphatic carbocycles. The Labute approximate surface area is 186 Å². The molecule has 0 aliphatic heterocycles. The highest BCUT2D eigenvalue weighted by Gasteiger charge is 2.23. The van der Waals surface area contributed by atoms with Crippen LogP contribution in [0.4, 0.5) is 4.39 Å². The van der Waals surface area contributed by atoms with Gasteiger partial charge in [0.1, 0.15) is 5.82 Å². The van der Waals surface area contributed by atoms with Crippen LogP contribution in [-0.2, 0) is 11.3 Å². The van der Waals surface area contributed by atoms with Gasteiger partial charge in [-0.15, -0.1) is 10.2 Å². The van der Waals surface area contributed by atoms with Crippen molar-refractivity contribution in [3.8, 4) is 11.4 Å². The Morgan fingerprint density at radius 2 is 1.77 bits per heavy atom. The van der Waals surface area contributed by atoms with E-state index >= 15 is 0 Å². The van der Waals surface area contributed by atoms with Gasteiger partial charge in [-0.05, 0) is 42.7 Å². The summed E-state index contributed by atoms with van der Waals surface area (Å²) >= 11 is 1.41. The van der Waals surface area contributed by atoms with E-state index in [-0.39, 0.29) is 11.7 Å². The Morgan fingerprint density at radius 3 is 2.48 bits per heavy atom. The van der Waals surface area contributed by atoms with Crippen LogP contribution in [0.25, 0.3) is 11.4 Å². The highest BCUT2D eigenvalue weighted by molar-refractivity contribution is 7.99. The average Bonchev–Trinajstić information content (AvgIpc) is 3.21. The first-order valence-corrected chi connectivity index (χ1v) is 11.7. The lowest BCUT2D eigenvalue weighted by atomic mass is 9.94. The fourth-order valence-electron chi connectivity index (χ4n) is 4.02. The zero-order valence-electron chi connectivity index (χ0n) is 17.7. The number of amides is 1. The van der Waals surface area contributed by atoms with E-state index in [1.165, 1.54) is 43.2 Å². The van der Waals surface area contributed by atoms with Gasteiger partial charge in [-0.1, -0.05) is 61.4 Å². The van der Waals surface area contributed by atoms with Crippen molar-refractivity contribution in [2.45, 2.75) is 49.8 Å². The van der Waals surface area contributed by atoms with Gasteiger partial charge in [0, 0.05) is 18.7 Å². The quantitative estimate of drug-likeness (QED) is 0.486. The number of rotatable bonds is 7. The van der Waals surface area contributed by atoms with E-state index in [0.29, 0.717) is 29.3 Å². The highest BCUT2D eigenvalue weighted by atomic mass is 32.2. The summed E-state index contributed by atoms with van der Waals surface area (Å²) < 4.78 is 15.4. The van der Waals surface area contributed by atoms with E-state index < -0.39 is 0 Å². The van der Waals surface area contributed by atoms with Crippen molar-refractivity contribution in [2.75, 3.05) is 12.8 Å². The van der Waals surface area contributed by atoms with E-state index in [9.17, 15) is 9.18 Å². The van der Waals surface area contributed by atoms with Crippen LogP contribution in [-0.4, -0.2) is 44.4 Å². The first-order chi connectivity index (χ1) is 15.1. The number of benzene rings is 2. The highest BCUT2D eigenvalue weighted by Crippen LogP contribution is 2.27. The van der Waals surface area contributed by atoms with E-state index in [2.05, 4.69) is 10.2 Å². The number of aromatic nitrogens is 3. The number of hydrogen-bond donors (Lipinski definition) is 0. The van der Waals surface area contributed by atoms with Gasteiger partial charge < -0.3 is 4.90 Å². The predicted molar refractivity (Wildman–Crippen MR) is 121 cm³/mol. The van der Waals surface area contributed by atoms with E-state index in [1.54, 1.807) is 12.1 Å². The molecular weight excluding hydrogens is 411 g/mol. The summed E-state index contributed by atoms with van der Waals surface area (Å²) in [6.45, 7) is 0.579. The fourth-order valence-corrected chi connectivity index (χ4v) is 4.88. The molecule has 2 aromatic carbocycles. The molecule has 1 aliphatic rings. The normalized spacial score (nSPS) is 14.5. The minimum Gasteiger partial charge on any atom is -0.342 e. The van der Waals surface area contributed by atoms with Crippen LogP contribution < -0.4 is 0 Å². The summed E-state index contributed by atoms with van der Waals surface area (Å²) in [4.78, 5) is 14.7. The number of carbonyl (C=O) groups excluding carboxylic acids is 1. The summed E-state index contributed by atoms with van der Waals surface area (Å²) in [5, 5.41) is 9.42. The van der Waals surface area contributed by atoms with Crippen molar-refractivity contribution in [3.05, 3.63) is 66.0 Å². The summed E-state index contributed by atoms with van der Waals surface area (Å²) in [5.74, 6) is 0.821. The van der Waals surface area contributed by atoms with Crippen LogP contribution in [0.15, 0.2) is 59.8 Å². The van der Waals surface area contributed by atoms with Gasteiger partial charge in [0.25, 0.3) is 0 Å². The van der Waals surface area contributed by atoms with Crippen LogP contribution >= 0.6 is 11.8 Å². The minimum atomic E-state index is -0.288. The molecule has 1 heterocycles. The van der Waals surface area contributed by atoms with Crippen molar-refractivity contribution in [1.29, 1.82) is 0 Å². The minimum absolute atomic E-state index is 0.120. The fraction of sp³-hybridized carbons (Fsp3) is 0.375. The average molecular weight is 439 g/mol. The van der Waals surface area contributed by atoms with Gasteiger partial charge in [0.05, 0.1) is 12.3 Å². The molecule has 0 bridgehead atoms. The summed E-state index contributed by atoms with van der Waals surface area (Å²) in [6.07, 6.45) is 5.84. The maximum atomic E-state index is 13.4. The number of thioether (sulfide) groups is 1. The molecule has 5 nitrogen and oxygen atoms in total. The van der Waals surface area contributed by atoms with Crippen molar-refractivity contribution in [3.63, 3.8) is 0 Å². The Morgan fingerprint density at radius 1 is 1.06 bits per heavy atom. The van der Waals surface area contributed by atoms with Crippen molar-refractivity contribution in [1.82, 2.24) is 19.7 Å². The number of nitrogens with zero attached hydrogens (tertiary/aromatic N) is 4. The molecule has 162 valence electrons. The van der Waals surface area contributed by atoms with Gasteiger partial charge in [-0.2, -0.15) is 0 Å². The molecule has 0 spiro atoms. The van der Waals surface area contributed by atoms with Crippen LogP contribution in [0.3, 0.4) is 0 Å². The Hall–Kier alpha value is -2.67. The van der Waals surface area contributed by atoms with Crippen LogP contribution in [0.1, 0.15) is 37.7 Å². The lowest BCUT2D eigenvalue weighted by molar-refractivity contribution is -0.129. The summed E-state index contributed by atoms with van der Waals surface area (Å²) in [7, 11) is 1.91. The zero-order chi connectivity index (χ0) is 21.6. The largest absolute Gasteiger partial charge is 0.342 e. The lowest BCUT2D eigenvalue weighted by Gasteiger charge is -2.31. The molecule has 1 aromatic heterocycles. The second-order valence-electron chi connectivity index (χ2n) is 7.97. The SMILES string of the molecule is CN(C(=O)CSc1nnc(-c2ccc(F)cc2)n1Cc1ccccc1)C1CCCCC1. The van der Waals surface area contributed by atoms with Gasteiger partial charge >= 0.3 is 0 Å². The summed E-state index contributed by atoms with van der Waals surface area (Å²) in [5.41, 5.74) is 1.90. The predicted octanol–water partition coefficient (Wildman–Crippen LogP) is 5.02. The molecule has 0 radical (unpaired) electrons. The topological polar surface area (TPSA) is 51.0 Å². The number of hydrogen-bond acceptors (Lipinski definition) is 4. The smallest absolute Gasteiger partial charge is 0.233 e. The van der Waals surface area contributed by atoms with Crippen molar-refractivity contribution < 1.29 is 9.18 Å². The molecule has 0 unspecified atom stereocenters. The standard InChI is InChI=1S/C24H27FN4OS/c1-28(21-10-6-3-7-11-21)22(30)17-31-24-27-26-23(19-12-14-20(25)15-13-19)29(24)16-18-8-4-2-5-9-18/h2,4-5,8-9,12-15,21H,3,6-7,10-11,16-17H2,1H3. The van der Waals surface area contributed by atoms with Gasteiger partial charge in [-0.3, -0.25) is 9.36 Å². The maximum absolute atomic E-state index is 13.4. The second-order valence-corrected chi connectivity index (χ2v) is 8.91. The molecule has 3 aromatic rings. The third-order valence-corrected chi connectivity index (χ3v) is 6.79. The molecule has 0 atom stereocenters. The van der Waals surface area contributed by atoms with E-state index in [4.69, 9.17) is 0 Å². The monoisotopic (exact) mass is 438 g/mol. The van der Waals surface area contributed by atoms with E-state index in [0.717, 1.165) is 24.0 Å². The lowest BCUT2D eigenvalue weighted by Crippen LogP contribution is -2.39. The second kappa shape index (κ2) is 10.1. The Balaban J connectivity index is 1.53. The molecule has 31 heavy (non-hydrogen) atoms. The van der Waals surface area contributed by atoms with E-state index in [1.807, 2.05) is 46.8 Å². The molecule has 4 rings (SSSR count). The van der Waals surface area contributed by atoms with Crippen LogP contribution in [0.5, 0.6) is 0 Å². The number of halogens is 1. The molecule has 1 saturated carbocycles. The summed E-state index contributed by atoms with van der Waals surface area (Å²) in [6, 6.07) is 16.7. The van der Waals surface area contributed by atoms with Crippen molar-refractivity contribution >= 4 is 17.7 Å². The zero-order valence-corrected chi connectivity index (χ0v) is 18.5. The van der Waals surface area contributed by atoms with Gasteiger partial charge in [0.15, 0.2) is 11.0 Å². The van der Waals surface area contributed by atoms with Gasteiger partial charge in [-0.25, -0.2) is 4.39 Å². The molecule has 1 amide bonds. The Bertz CT molecular complexity index is 1000. The van der Waals surface area contributed by atoms with Gasteiger partial charge in [0.2, 0.25) is 5.91 Å². The van der Waals surface area contributed by atoms with Crippen LogP contribution in [0.2, 0.25) is 0 Å². The van der Waals surface area contributed by atoms with Crippen molar-refractivity contribution in [2.24, 2.45) is 0 Å². The van der Waals surface area contributed by atoms with Crippen LogP contribution in [0, 0.1) is 5.82 Å². The first-order valence-electron chi connectivity index (χ1n) is 10.7. The maximum Gasteiger partial charge on any atom is 0.233 e. The third kappa shape index (κ3) is 5.34. The first kappa shape index (κ1) is 21.6. The molecule has 7 heteroatoms. The number of carbonyl (C=O) groups is 1. The Kier molecular flexibility index (Phi) is 7.02. The third-order valence-electron chi connectivity index (χ3n) is 5.84.